The third-order valence-corrected chi connectivity index (χ3v) is 3.63. The average Bonchev–Trinajstić information content (AvgIpc) is 2.76. The molecule has 1 amide bonds. The number of halogens is 1. The Bertz CT molecular complexity index is 595. The van der Waals surface area contributed by atoms with Gasteiger partial charge in [0.25, 0.3) is 5.91 Å². The molecule has 0 bridgehead atoms. The first-order valence-corrected chi connectivity index (χ1v) is 7.07. The third kappa shape index (κ3) is 3.29. The van der Waals surface area contributed by atoms with Crippen molar-refractivity contribution in [3.05, 3.63) is 58.3 Å². The van der Waals surface area contributed by atoms with E-state index < -0.39 is 6.10 Å². The van der Waals surface area contributed by atoms with Crippen LogP contribution in [-0.2, 0) is 18.4 Å². The van der Waals surface area contributed by atoms with Crippen molar-refractivity contribution in [2.45, 2.75) is 12.6 Å². The second kappa shape index (κ2) is 6.24. The molecule has 0 aliphatic heterocycles. The Hall–Kier alpha value is -1.59. The quantitative estimate of drug-likeness (QED) is 0.932. The molecule has 0 spiro atoms. The lowest BCUT2D eigenvalue weighted by Crippen LogP contribution is -2.31. The topological polar surface area (TPSA) is 45.5 Å². The molecule has 2 aromatic rings. The van der Waals surface area contributed by atoms with Gasteiger partial charge in [0.2, 0.25) is 0 Å². The predicted molar refractivity (Wildman–Crippen MR) is 81.0 cm³/mol. The standard InChI is InChI=1S/C15H17BrN2O2/c1-17-9-12(16)8-13(17)10-18(2)15(20)14(19)11-6-4-3-5-7-11/h3-9,14,19H,10H2,1-2H3. The zero-order valence-corrected chi connectivity index (χ0v) is 13.0. The molecular formula is C15H17BrN2O2. The van der Waals surface area contributed by atoms with E-state index in [0.717, 1.165) is 10.2 Å². The van der Waals surface area contributed by atoms with Crippen molar-refractivity contribution in [2.24, 2.45) is 7.05 Å². The zero-order chi connectivity index (χ0) is 14.7. The smallest absolute Gasteiger partial charge is 0.256 e. The Balaban J connectivity index is 2.07. The van der Waals surface area contributed by atoms with E-state index in [-0.39, 0.29) is 5.91 Å². The molecule has 20 heavy (non-hydrogen) atoms. The second-order valence-corrected chi connectivity index (χ2v) is 5.68. The average molecular weight is 337 g/mol. The Morgan fingerprint density at radius 3 is 2.60 bits per heavy atom. The summed E-state index contributed by atoms with van der Waals surface area (Å²) in [7, 11) is 3.61. The first kappa shape index (κ1) is 14.8. The molecule has 4 nitrogen and oxygen atoms in total. The van der Waals surface area contributed by atoms with Crippen LogP contribution in [0.4, 0.5) is 0 Å². The number of hydrogen-bond donors (Lipinski definition) is 1. The minimum absolute atomic E-state index is 0.312. The van der Waals surface area contributed by atoms with Gasteiger partial charge < -0.3 is 14.6 Å². The van der Waals surface area contributed by atoms with Crippen LogP contribution in [0.3, 0.4) is 0 Å². The maximum absolute atomic E-state index is 12.2. The van der Waals surface area contributed by atoms with E-state index in [4.69, 9.17) is 0 Å². The molecule has 1 heterocycles. The Kier molecular flexibility index (Phi) is 4.62. The molecule has 106 valence electrons. The molecule has 0 saturated carbocycles. The summed E-state index contributed by atoms with van der Waals surface area (Å²) < 4.78 is 2.92. The highest BCUT2D eigenvalue weighted by molar-refractivity contribution is 9.10. The second-order valence-electron chi connectivity index (χ2n) is 4.77. The van der Waals surface area contributed by atoms with Gasteiger partial charge in [-0.2, -0.15) is 0 Å². The van der Waals surface area contributed by atoms with Crippen LogP contribution in [0.25, 0.3) is 0 Å². The van der Waals surface area contributed by atoms with E-state index >= 15 is 0 Å². The van der Waals surface area contributed by atoms with Crippen LogP contribution in [0, 0.1) is 0 Å². The number of likely N-dealkylation sites (N-methyl/N-ethyl adjacent to an activating group) is 1. The lowest BCUT2D eigenvalue weighted by atomic mass is 10.1. The molecule has 1 aromatic heterocycles. The van der Waals surface area contributed by atoms with Gasteiger partial charge in [-0.1, -0.05) is 30.3 Å². The van der Waals surface area contributed by atoms with Crippen LogP contribution in [0.1, 0.15) is 17.4 Å². The molecule has 0 aliphatic rings. The third-order valence-electron chi connectivity index (χ3n) is 3.20. The summed E-state index contributed by atoms with van der Waals surface area (Å²) in [4.78, 5) is 13.7. The summed E-state index contributed by atoms with van der Waals surface area (Å²) in [5.74, 6) is -0.312. The number of aliphatic hydroxyl groups is 1. The molecule has 0 fully saturated rings. The Labute approximate surface area is 126 Å². The molecule has 1 unspecified atom stereocenters. The largest absolute Gasteiger partial charge is 0.378 e. The summed E-state index contributed by atoms with van der Waals surface area (Å²) >= 11 is 3.40. The van der Waals surface area contributed by atoms with Crippen molar-refractivity contribution in [1.29, 1.82) is 0 Å². The monoisotopic (exact) mass is 336 g/mol. The maximum Gasteiger partial charge on any atom is 0.256 e. The number of benzene rings is 1. The summed E-state index contributed by atoms with van der Waals surface area (Å²) in [5.41, 5.74) is 1.60. The fourth-order valence-corrected chi connectivity index (χ4v) is 2.60. The highest BCUT2D eigenvalue weighted by Crippen LogP contribution is 2.18. The number of aromatic nitrogens is 1. The number of aliphatic hydroxyl groups excluding tert-OH is 1. The Morgan fingerprint density at radius 1 is 1.40 bits per heavy atom. The molecular weight excluding hydrogens is 320 g/mol. The molecule has 0 radical (unpaired) electrons. The van der Waals surface area contributed by atoms with Gasteiger partial charge in [0.05, 0.1) is 6.54 Å². The van der Waals surface area contributed by atoms with Crippen LogP contribution in [0.5, 0.6) is 0 Å². The van der Waals surface area contributed by atoms with Crippen molar-refractivity contribution in [3.8, 4) is 0 Å². The van der Waals surface area contributed by atoms with Crippen molar-refractivity contribution in [1.82, 2.24) is 9.47 Å². The SMILES string of the molecule is CN(Cc1cc(Br)cn1C)C(=O)C(O)c1ccccc1. The summed E-state index contributed by atoms with van der Waals surface area (Å²) in [6.45, 7) is 0.449. The highest BCUT2D eigenvalue weighted by Gasteiger charge is 2.21. The van der Waals surface area contributed by atoms with E-state index in [2.05, 4.69) is 15.9 Å². The Morgan fingerprint density at radius 2 is 2.05 bits per heavy atom. The number of carbonyl (C=O) groups excluding carboxylic acids is 1. The number of hydrogen-bond acceptors (Lipinski definition) is 2. The first-order chi connectivity index (χ1) is 9.49. The van der Waals surface area contributed by atoms with Crippen molar-refractivity contribution >= 4 is 21.8 Å². The molecule has 0 aliphatic carbocycles. The van der Waals surface area contributed by atoms with Gasteiger partial charge in [0.15, 0.2) is 6.10 Å². The fraction of sp³-hybridized carbons (Fsp3) is 0.267. The zero-order valence-electron chi connectivity index (χ0n) is 11.5. The minimum atomic E-state index is -1.12. The first-order valence-electron chi connectivity index (χ1n) is 6.27. The van der Waals surface area contributed by atoms with E-state index in [1.807, 2.05) is 29.9 Å². The predicted octanol–water partition coefficient (Wildman–Crippen LogP) is 2.48. The van der Waals surface area contributed by atoms with Gasteiger partial charge in [0, 0.05) is 30.5 Å². The molecule has 1 N–H and O–H groups in total. The van der Waals surface area contributed by atoms with Crippen LogP contribution in [0.2, 0.25) is 0 Å². The molecule has 1 aromatic carbocycles. The van der Waals surface area contributed by atoms with Gasteiger partial charge in [0.1, 0.15) is 0 Å². The van der Waals surface area contributed by atoms with Crippen LogP contribution < -0.4 is 0 Å². The van der Waals surface area contributed by atoms with Gasteiger partial charge in [-0.25, -0.2) is 0 Å². The lowest BCUT2D eigenvalue weighted by Gasteiger charge is -2.21. The van der Waals surface area contributed by atoms with E-state index in [1.165, 1.54) is 4.90 Å². The number of aryl methyl sites for hydroxylation is 1. The van der Waals surface area contributed by atoms with Crippen LogP contribution >= 0.6 is 15.9 Å². The van der Waals surface area contributed by atoms with Gasteiger partial charge >= 0.3 is 0 Å². The summed E-state index contributed by atoms with van der Waals surface area (Å²) in [5, 5.41) is 10.1. The van der Waals surface area contributed by atoms with Gasteiger partial charge in [-0.05, 0) is 27.6 Å². The number of amides is 1. The lowest BCUT2D eigenvalue weighted by molar-refractivity contribution is -0.139. The molecule has 5 heteroatoms. The maximum atomic E-state index is 12.2. The normalized spacial score (nSPS) is 12.2. The number of carbonyl (C=O) groups is 1. The van der Waals surface area contributed by atoms with Crippen molar-refractivity contribution in [3.63, 3.8) is 0 Å². The van der Waals surface area contributed by atoms with E-state index in [0.29, 0.717) is 12.1 Å². The summed E-state index contributed by atoms with van der Waals surface area (Å²) in [6, 6.07) is 10.9. The van der Waals surface area contributed by atoms with Gasteiger partial charge in [-0.3, -0.25) is 4.79 Å². The van der Waals surface area contributed by atoms with Crippen LogP contribution in [-0.4, -0.2) is 27.5 Å². The minimum Gasteiger partial charge on any atom is -0.378 e. The van der Waals surface area contributed by atoms with E-state index in [1.54, 1.807) is 31.3 Å². The fourth-order valence-electron chi connectivity index (χ4n) is 2.03. The number of rotatable bonds is 4. The van der Waals surface area contributed by atoms with Gasteiger partial charge in [-0.15, -0.1) is 0 Å². The summed E-state index contributed by atoms with van der Waals surface area (Å²) in [6.07, 6.45) is 0.811. The van der Waals surface area contributed by atoms with Crippen molar-refractivity contribution in [2.75, 3.05) is 7.05 Å². The molecule has 1 atom stereocenters. The van der Waals surface area contributed by atoms with Crippen LogP contribution in [0.15, 0.2) is 47.1 Å². The highest BCUT2D eigenvalue weighted by atomic mass is 79.9. The van der Waals surface area contributed by atoms with E-state index in [9.17, 15) is 9.90 Å². The van der Waals surface area contributed by atoms with Crippen molar-refractivity contribution < 1.29 is 9.90 Å². The molecule has 2 rings (SSSR count). The molecule has 0 saturated heterocycles. The number of nitrogens with zero attached hydrogens (tertiary/aromatic N) is 2.